The Labute approximate surface area is 206 Å². The minimum absolute atomic E-state index is 0.0716. The standard InChI is InChI=1S/C23H19F5N6O3/c1-12(32-20(35)22(5-6-22)34-21(36)37-14-9-29-11-30-10-14)18-17(25)7-13(8-31-18)33-19-15(23(26,27)28)3-2-4-16(19)24/h2-4,7-12,33H,5-6H2,1H3,(H,32,35)(H,34,36). The van der Waals surface area contributed by atoms with Crippen LogP contribution in [0.25, 0.3) is 0 Å². The molecule has 194 valence electrons. The quantitative estimate of drug-likeness (QED) is 0.394. The highest BCUT2D eigenvalue weighted by atomic mass is 19.4. The van der Waals surface area contributed by atoms with Crippen LogP contribution in [0.3, 0.4) is 0 Å². The zero-order valence-electron chi connectivity index (χ0n) is 19.1. The number of halogens is 5. The molecule has 37 heavy (non-hydrogen) atoms. The number of aromatic nitrogens is 3. The summed E-state index contributed by atoms with van der Waals surface area (Å²) >= 11 is 0. The molecule has 3 N–H and O–H groups in total. The number of nitrogens with zero attached hydrogens (tertiary/aromatic N) is 3. The van der Waals surface area contributed by atoms with Crippen molar-refractivity contribution < 1.29 is 36.3 Å². The number of carbonyl (C=O) groups excluding carboxylic acids is 2. The number of carbonyl (C=O) groups is 2. The molecular formula is C23H19F5N6O3. The minimum atomic E-state index is -4.84. The average Bonchev–Trinajstić information content (AvgIpc) is 3.61. The van der Waals surface area contributed by atoms with E-state index < -0.39 is 52.6 Å². The molecule has 0 bridgehead atoms. The second kappa shape index (κ2) is 9.95. The predicted molar refractivity (Wildman–Crippen MR) is 119 cm³/mol. The molecule has 1 saturated carbocycles. The van der Waals surface area contributed by atoms with Crippen LogP contribution >= 0.6 is 0 Å². The highest BCUT2D eigenvalue weighted by Crippen LogP contribution is 2.38. The lowest BCUT2D eigenvalue weighted by molar-refractivity contribution is -0.137. The maximum atomic E-state index is 14.8. The van der Waals surface area contributed by atoms with Crippen LogP contribution < -0.4 is 20.7 Å². The summed E-state index contributed by atoms with van der Waals surface area (Å²) in [4.78, 5) is 36.2. The molecule has 2 heterocycles. The molecule has 14 heteroatoms. The fourth-order valence-corrected chi connectivity index (χ4v) is 3.47. The van der Waals surface area contributed by atoms with E-state index in [1.54, 1.807) is 0 Å². The molecule has 1 aliphatic carbocycles. The Morgan fingerprint density at radius 3 is 2.41 bits per heavy atom. The van der Waals surface area contributed by atoms with Crippen LogP contribution in [0.4, 0.5) is 38.1 Å². The Balaban J connectivity index is 1.42. The molecule has 0 spiro atoms. The van der Waals surface area contributed by atoms with E-state index in [1.165, 1.54) is 25.6 Å². The van der Waals surface area contributed by atoms with Gasteiger partial charge in [-0.2, -0.15) is 13.2 Å². The van der Waals surface area contributed by atoms with Gasteiger partial charge in [-0.1, -0.05) is 6.07 Å². The van der Waals surface area contributed by atoms with Gasteiger partial charge in [0.05, 0.1) is 47.3 Å². The van der Waals surface area contributed by atoms with E-state index >= 15 is 0 Å². The van der Waals surface area contributed by atoms with E-state index in [9.17, 15) is 31.5 Å². The van der Waals surface area contributed by atoms with Crippen molar-refractivity contribution in [1.29, 1.82) is 0 Å². The maximum absolute atomic E-state index is 14.8. The van der Waals surface area contributed by atoms with Gasteiger partial charge in [-0.25, -0.2) is 23.5 Å². The largest absolute Gasteiger partial charge is 0.418 e. The summed E-state index contributed by atoms with van der Waals surface area (Å²) in [6.45, 7) is 1.44. The summed E-state index contributed by atoms with van der Waals surface area (Å²) in [5.74, 6) is -2.67. The first-order valence-corrected chi connectivity index (χ1v) is 10.8. The number of para-hydroxylation sites is 1. The number of amides is 2. The molecule has 0 radical (unpaired) electrons. The fourth-order valence-electron chi connectivity index (χ4n) is 3.47. The third-order valence-corrected chi connectivity index (χ3v) is 5.49. The molecule has 9 nitrogen and oxygen atoms in total. The highest BCUT2D eigenvalue weighted by molar-refractivity contribution is 5.93. The third-order valence-electron chi connectivity index (χ3n) is 5.49. The van der Waals surface area contributed by atoms with Crippen LogP contribution in [0.5, 0.6) is 5.75 Å². The van der Waals surface area contributed by atoms with E-state index in [0.29, 0.717) is 18.9 Å². The molecule has 1 aromatic carbocycles. The zero-order valence-corrected chi connectivity index (χ0v) is 19.1. The summed E-state index contributed by atoms with van der Waals surface area (Å²) in [6, 6.07) is 2.29. The summed E-state index contributed by atoms with van der Waals surface area (Å²) in [7, 11) is 0. The van der Waals surface area contributed by atoms with Gasteiger partial charge in [-0.3, -0.25) is 9.78 Å². The summed E-state index contributed by atoms with van der Waals surface area (Å²) in [6.07, 6.45) is -0.335. The van der Waals surface area contributed by atoms with Gasteiger partial charge >= 0.3 is 12.3 Å². The van der Waals surface area contributed by atoms with Crippen LogP contribution in [0.2, 0.25) is 0 Å². The number of ether oxygens (including phenoxy) is 1. The summed E-state index contributed by atoms with van der Waals surface area (Å²) < 4.78 is 73.5. The molecule has 1 unspecified atom stereocenters. The van der Waals surface area contributed by atoms with Gasteiger partial charge in [0.25, 0.3) is 0 Å². The van der Waals surface area contributed by atoms with Crippen molar-refractivity contribution in [2.24, 2.45) is 0 Å². The Bertz CT molecular complexity index is 1320. The second-order valence-corrected chi connectivity index (χ2v) is 8.24. The number of nitrogens with one attached hydrogen (secondary N) is 3. The van der Waals surface area contributed by atoms with Gasteiger partial charge in [0.1, 0.15) is 23.5 Å². The fraction of sp³-hybridized carbons (Fsp3) is 0.261. The number of alkyl halides is 3. The topological polar surface area (TPSA) is 118 Å². The molecule has 2 amide bonds. The first kappa shape index (κ1) is 25.7. The lowest BCUT2D eigenvalue weighted by atomic mass is 10.1. The van der Waals surface area contributed by atoms with Gasteiger partial charge < -0.3 is 20.7 Å². The number of rotatable bonds is 7. The lowest BCUT2D eigenvalue weighted by Gasteiger charge is -2.21. The van der Waals surface area contributed by atoms with Gasteiger partial charge in [-0.15, -0.1) is 0 Å². The van der Waals surface area contributed by atoms with Crippen molar-refractivity contribution in [3.05, 3.63) is 72.1 Å². The maximum Gasteiger partial charge on any atom is 0.418 e. The van der Waals surface area contributed by atoms with Gasteiger partial charge in [0.2, 0.25) is 5.91 Å². The van der Waals surface area contributed by atoms with Gasteiger partial charge in [-0.05, 0) is 31.9 Å². The first-order chi connectivity index (χ1) is 17.5. The van der Waals surface area contributed by atoms with Crippen molar-refractivity contribution in [2.45, 2.75) is 37.5 Å². The molecule has 2 aromatic heterocycles. The summed E-state index contributed by atoms with van der Waals surface area (Å²) in [5, 5.41) is 7.23. The smallest absolute Gasteiger partial charge is 0.407 e. The Morgan fingerprint density at radius 1 is 1.08 bits per heavy atom. The van der Waals surface area contributed by atoms with Gasteiger partial charge in [0.15, 0.2) is 5.75 Å². The predicted octanol–water partition coefficient (Wildman–Crippen LogP) is 4.41. The Kier molecular flexibility index (Phi) is 6.92. The molecule has 0 saturated heterocycles. The molecule has 1 fully saturated rings. The molecular weight excluding hydrogens is 503 g/mol. The number of pyridine rings is 1. The zero-order chi connectivity index (χ0) is 26.8. The monoisotopic (exact) mass is 522 g/mol. The number of hydrogen-bond acceptors (Lipinski definition) is 7. The van der Waals surface area contributed by atoms with Crippen LogP contribution in [0, 0.1) is 11.6 Å². The van der Waals surface area contributed by atoms with Crippen molar-refractivity contribution in [1.82, 2.24) is 25.6 Å². The molecule has 4 rings (SSSR count). The summed E-state index contributed by atoms with van der Waals surface area (Å²) in [5.41, 5.74) is -3.84. The van der Waals surface area contributed by atoms with E-state index in [0.717, 1.165) is 24.4 Å². The third kappa shape index (κ3) is 5.90. The van der Waals surface area contributed by atoms with Crippen molar-refractivity contribution in [3.63, 3.8) is 0 Å². The van der Waals surface area contributed by atoms with E-state index in [1.807, 2.05) is 0 Å². The lowest BCUT2D eigenvalue weighted by Crippen LogP contribution is -2.50. The minimum Gasteiger partial charge on any atom is -0.407 e. The molecule has 1 aliphatic rings. The van der Waals surface area contributed by atoms with Gasteiger partial charge in [0, 0.05) is 6.07 Å². The molecule has 0 aliphatic heterocycles. The number of hydrogen-bond donors (Lipinski definition) is 3. The van der Waals surface area contributed by atoms with E-state index in [2.05, 4.69) is 30.9 Å². The van der Waals surface area contributed by atoms with Crippen molar-refractivity contribution >= 4 is 23.4 Å². The first-order valence-electron chi connectivity index (χ1n) is 10.8. The van der Waals surface area contributed by atoms with Crippen LogP contribution in [-0.4, -0.2) is 32.5 Å². The SMILES string of the molecule is CC(NC(=O)C1(NC(=O)Oc2cncnc2)CC1)c1ncc(Nc2c(F)cccc2C(F)(F)F)cc1F. The van der Waals surface area contributed by atoms with Crippen molar-refractivity contribution in [2.75, 3.05) is 5.32 Å². The molecule has 3 aromatic rings. The van der Waals surface area contributed by atoms with Crippen molar-refractivity contribution in [3.8, 4) is 5.75 Å². The van der Waals surface area contributed by atoms with Crippen LogP contribution in [0.1, 0.15) is 37.1 Å². The number of anilines is 2. The van der Waals surface area contributed by atoms with Crippen LogP contribution in [-0.2, 0) is 11.0 Å². The molecule has 1 atom stereocenters. The second-order valence-electron chi connectivity index (χ2n) is 8.24. The number of benzene rings is 1. The van der Waals surface area contributed by atoms with E-state index in [4.69, 9.17) is 4.74 Å². The van der Waals surface area contributed by atoms with E-state index in [-0.39, 0.29) is 17.1 Å². The highest BCUT2D eigenvalue weighted by Gasteiger charge is 2.52. The average molecular weight is 522 g/mol. The van der Waals surface area contributed by atoms with Crippen LogP contribution in [0.15, 0.2) is 49.2 Å². The Morgan fingerprint density at radius 2 is 1.78 bits per heavy atom. The normalized spacial score (nSPS) is 14.9. The Hall–Kier alpha value is -4.36.